The van der Waals surface area contributed by atoms with Crippen LogP contribution in [-0.4, -0.2) is 31.3 Å². The third-order valence-corrected chi connectivity index (χ3v) is 2.01. The second-order valence-electron chi connectivity index (χ2n) is 3.30. The average molecular weight is 196 g/mol. The van der Waals surface area contributed by atoms with Crippen molar-refractivity contribution in [1.82, 2.24) is 20.2 Å². The highest BCUT2D eigenvalue weighted by atomic mass is 16.4. The Morgan fingerprint density at radius 1 is 1.79 bits per heavy atom. The SMILES string of the molecule is C=CC(C)(Cc1nnn(C)n1)C(=O)O. The van der Waals surface area contributed by atoms with Crippen LogP contribution in [-0.2, 0) is 18.3 Å². The second kappa shape index (κ2) is 3.57. The molecule has 0 spiro atoms. The first kappa shape index (κ1) is 10.4. The number of aliphatic carboxylic acids is 1. The lowest BCUT2D eigenvalue weighted by molar-refractivity contribution is -0.145. The van der Waals surface area contributed by atoms with Crippen molar-refractivity contribution in [2.45, 2.75) is 13.3 Å². The Bertz CT molecular complexity index is 360. The molecule has 0 amide bonds. The fourth-order valence-electron chi connectivity index (χ4n) is 0.958. The second-order valence-corrected chi connectivity index (χ2v) is 3.30. The van der Waals surface area contributed by atoms with E-state index in [2.05, 4.69) is 22.0 Å². The summed E-state index contributed by atoms with van der Waals surface area (Å²) in [5.74, 6) is -0.544. The molecule has 1 heterocycles. The number of aryl methyl sites for hydroxylation is 1. The van der Waals surface area contributed by atoms with Gasteiger partial charge < -0.3 is 5.11 Å². The highest BCUT2D eigenvalue weighted by Gasteiger charge is 2.31. The third-order valence-electron chi connectivity index (χ3n) is 2.01. The highest BCUT2D eigenvalue weighted by Crippen LogP contribution is 2.21. The van der Waals surface area contributed by atoms with Gasteiger partial charge in [-0.3, -0.25) is 4.79 Å². The number of rotatable bonds is 4. The number of carboxylic acids is 1. The van der Waals surface area contributed by atoms with Crippen LogP contribution in [0.4, 0.5) is 0 Å². The zero-order valence-corrected chi connectivity index (χ0v) is 8.14. The molecule has 6 nitrogen and oxygen atoms in total. The minimum absolute atomic E-state index is 0.194. The van der Waals surface area contributed by atoms with Crippen LogP contribution in [0.2, 0.25) is 0 Å². The fraction of sp³-hybridized carbons (Fsp3) is 0.500. The van der Waals surface area contributed by atoms with Gasteiger partial charge >= 0.3 is 5.97 Å². The Morgan fingerprint density at radius 2 is 2.43 bits per heavy atom. The van der Waals surface area contributed by atoms with Crippen molar-refractivity contribution in [3.8, 4) is 0 Å². The summed E-state index contributed by atoms with van der Waals surface area (Å²) in [6.45, 7) is 5.06. The summed E-state index contributed by atoms with van der Waals surface area (Å²) >= 11 is 0. The molecule has 0 fully saturated rings. The Hall–Kier alpha value is -1.72. The molecule has 1 rings (SSSR count). The molecule has 1 aromatic heterocycles. The van der Waals surface area contributed by atoms with Crippen LogP contribution in [0.3, 0.4) is 0 Å². The monoisotopic (exact) mass is 196 g/mol. The molecule has 6 heteroatoms. The summed E-state index contributed by atoms with van der Waals surface area (Å²) in [7, 11) is 1.63. The molecule has 0 saturated carbocycles. The van der Waals surface area contributed by atoms with Gasteiger partial charge in [0.25, 0.3) is 0 Å². The van der Waals surface area contributed by atoms with Crippen LogP contribution in [0.1, 0.15) is 12.7 Å². The van der Waals surface area contributed by atoms with Crippen LogP contribution < -0.4 is 0 Å². The lowest BCUT2D eigenvalue weighted by atomic mass is 9.87. The van der Waals surface area contributed by atoms with Crippen molar-refractivity contribution in [2.24, 2.45) is 12.5 Å². The van der Waals surface area contributed by atoms with E-state index in [0.29, 0.717) is 5.82 Å². The molecule has 0 aliphatic rings. The molecule has 0 bridgehead atoms. The standard InChI is InChI=1S/C8H12N4O2/c1-4-8(2,7(13)14)5-6-9-11-12(3)10-6/h4H,1,5H2,2-3H3,(H,13,14). The molecular formula is C8H12N4O2. The number of tetrazole rings is 1. The largest absolute Gasteiger partial charge is 0.481 e. The molecular weight excluding hydrogens is 184 g/mol. The van der Waals surface area contributed by atoms with Gasteiger partial charge in [0, 0.05) is 6.42 Å². The maximum Gasteiger partial charge on any atom is 0.313 e. The summed E-state index contributed by atoms with van der Waals surface area (Å²) in [4.78, 5) is 12.2. The lowest BCUT2D eigenvalue weighted by Crippen LogP contribution is -2.28. The number of hydrogen-bond donors (Lipinski definition) is 1. The van der Waals surface area contributed by atoms with Gasteiger partial charge in [-0.1, -0.05) is 6.08 Å². The quantitative estimate of drug-likeness (QED) is 0.687. The van der Waals surface area contributed by atoms with Gasteiger partial charge in [0.05, 0.1) is 12.5 Å². The zero-order chi connectivity index (χ0) is 10.8. The van der Waals surface area contributed by atoms with E-state index in [1.54, 1.807) is 14.0 Å². The molecule has 1 aromatic rings. The maximum absolute atomic E-state index is 10.9. The maximum atomic E-state index is 10.9. The van der Waals surface area contributed by atoms with Gasteiger partial charge in [-0.2, -0.15) is 4.80 Å². The fourth-order valence-corrected chi connectivity index (χ4v) is 0.958. The number of aromatic nitrogens is 4. The summed E-state index contributed by atoms with van der Waals surface area (Å²) in [5, 5.41) is 20.2. The van der Waals surface area contributed by atoms with Gasteiger partial charge in [-0.05, 0) is 12.1 Å². The Kier molecular flexibility index (Phi) is 2.64. The number of hydrogen-bond acceptors (Lipinski definition) is 4. The van der Waals surface area contributed by atoms with Crippen LogP contribution in [0, 0.1) is 5.41 Å². The lowest BCUT2D eigenvalue weighted by Gasteiger charge is -2.17. The van der Waals surface area contributed by atoms with Crippen molar-refractivity contribution in [1.29, 1.82) is 0 Å². The topological polar surface area (TPSA) is 80.9 Å². The summed E-state index contributed by atoms with van der Waals surface area (Å²) < 4.78 is 0. The van der Waals surface area contributed by atoms with Crippen molar-refractivity contribution < 1.29 is 9.90 Å². The highest BCUT2D eigenvalue weighted by molar-refractivity contribution is 5.76. The first-order valence-electron chi connectivity index (χ1n) is 4.08. The minimum Gasteiger partial charge on any atom is -0.481 e. The normalized spacial score (nSPS) is 14.7. The van der Waals surface area contributed by atoms with E-state index < -0.39 is 11.4 Å². The van der Waals surface area contributed by atoms with E-state index in [1.807, 2.05) is 0 Å². The van der Waals surface area contributed by atoms with Crippen LogP contribution in [0.25, 0.3) is 0 Å². The molecule has 0 aliphatic carbocycles. The zero-order valence-electron chi connectivity index (χ0n) is 8.14. The molecule has 0 radical (unpaired) electrons. The van der Waals surface area contributed by atoms with Crippen molar-refractivity contribution in [3.63, 3.8) is 0 Å². The van der Waals surface area contributed by atoms with E-state index in [4.69, 9.17) is 5.11 Å². The van der Waals surface area contributed by atoms with Crippen LogP contribution in [0.5, 0.6) is 0 Å². The van der Waals surface area contributed by atoms with E-state index in [1.165, 1.54) is 10.9 Å². The summed E-state index contributed by atoms with van der Waals surface area (Å²) in [5.41, 5.74) is -1.04. The first-order chi connectivity index (χ1) is 6.48. The predicted molar refractivity (Wildman–Crippen MR) is 48.4 cm³/mol. The molecule has 14 heavy (non-hydrogen) atoms. The number of carboxylic acid groups (broad SMARTS) is 1. The van der Waals surface area contributed by atoms with Crippen molar-refractivity contribution >= 4 is 5.97 Å². The van der Waals surface area contributed by atoms with E-state index in [-0.39, 0.29) is 6.42 Å². The molecule has 76 valence electrons. The van der Waals surface area contributed by atoms with Crippen LogP contribution >= 0.6 is 0 Å². The molecule has 0 aromatic carbocycles. The predicted octanol–water partition coefficient (Wildman–Crippen LogP) is 0.0295. The van der Waals surface area contributed by atoms with Crippen molar-refractivity contribution in [3.05, 3.63) is 18.5 Å². The smallest absolute Gasteiger partial charge is 0.313 e. The minimum atomic E-state index is -1.04. The first-order valence-corrected chi connectivity index (χ1v) is 4.08. The van der Waals surface area contributed by atoms with Gasteiger partial charge in [0.1, 0.15) is 0 Å². The number of carbonyl (C=O) groups is 1. The van der Waals surface area contributed by atoms with Gasteiger partial charge in [-0.15, -0.1) is 16.8 Å². The molecule has 1 atom stereocenters. The average Bonchev–Trinajstić information content (AvgIpc) is 2.50. The number of nitrogens with zero attached hydrogens (tertiary/aromatic N) is 4. The van der Waals surface area contributed by atoms with Crippen molar-refractivity contribution in [2.75, 3.05) is 0 Å². The van der Waals surface area contributed by atoms with Gasteiger partial charge in [0.2, 0.25) is 0 Å². The summed E-state index contributed by atoms with van der Waals surface area (Å²) in [6.07, 6.45) is 1.57. The molecule has 1 unspecified atom stereocenters. The molecule has 0 aliphatic heterocycles. The molecule has 0 saturated heterocycles. The van der Waals surface area contributed by atoms with Gasteiger partial charge in [0.15, 0.2) is 5.82 Å². The van der Waals surface area contributed by atoms with E-state index in [0.717, 1.165) is 0 Å². The Labute approximate surface area is 81.2 Å². The Balaban J connectivity index is 2.85. The third kappa shape index (κ3) is 1.95. The van der Waals surface area contributed by atoms with E-state index >= 15 is 0 Å². The molecule has 1 N–H and O–H groups in total. The Morgan fingerprint density at radius 3 is 2.79 bits per heavy atom. The van der Waals surface area contributed by atoms with Gasteiger partial charge in [-0.25, -0.2) is 0 Å². The van der Waals surface area contributed by atoms with E-state index in [9.17, 15) is 4.79 Å². The van der Waals surface area contributed by atoms with Crippen LogP contribution in [0.15, 0.2) is 12.7 Å². The summed E-state index contributed by atoms with van der Waals surface area (Å²) in [6, 6.07) is 0.